The van der Waals surface area contributed by atoms with E-state index in [0.29, 0.717) is 38.0 Å². The molecule has 110 valence electrons. The first-order chi connectivity index (χ1) is 8.86. The minimum absolute atomic E-state index is 0.0191. The number of nitrogens with one attached hydrogen (secondary N) is 1. The van der Waals surface area contributed by atoms with Crippen LogP contribution in [0.4, 0.5) is 0 Å². The van der Waals surface area contributed by atoms with Crippen LogP contribution in [0.2, 0.25) is 0 Å². The average molecular weight is 271 g/mol. The number of amides is 1. The average Bonchev–Trinajstić information content (AvgIpc) is 2.31. The standard InChI is InChI=1S/C12H25N5O2/c1-8(2)6-10(13)11(19)17-9(7-18)4-3-5-16-12(14)15/h7-10H,3-6,13H2,1-2H3,(H,17,19)(H4,14,15,16)/t9-,10-/m0/s1. The molecule has 0 spiro atoms. The molecule has 7 nitrogen and oxygen atoms in total. The molecule has 0 saturated carbocycles. The molecule has 0 aromatic carbocycles. The fraction of sp³-hybridized carbons (Fsp3) is 0.750. The molecule has 0 aliphatic rings. The number of guanidine groups is 1. The van der Waals surface area contributed by atoms with Crippen LogP contribution < -0.4 is 22.5 Å². The molecule has 0 aromatic heterocycles. The Balaban J connectivity index is 4.07. The second kappa shape index (κ2) is 9.32. The molecule has 0 aliphatic carbocycles. The van der Waals surface area contributed by atoms with E-state index in [1.54, 1.807) is 0 Å². The molecule has 0 fully saturated rings. The fourth-order valence-electron chi connectivity index (χ4n) is 1.60. The van der Waals surface area contributed by atoms with E-state index in [2.05, 4.69) is 10.3 Å². The van der Waals surface area contributed by atoms with Crippen molar-refractivity contribution < 1.29 is 9.59 Å². The van der Waals surface area contributed by atoms with Gasteiger partial charge in [-0.25, -0.2) is 0 Å². The lowest BCUT2D eigenvalue weighted by atomic mass is 10.0. The van der Waals surface area contributed by atoms with Crippen LogP contribution in [0.15, 0.2) is 4.99 Å². The molecule has 7 N–H and O–H groups in total. The van der Waals surface area contributed by atoms with Gasteiger partial charge in [-0.15, -0.1) is 0 Å². The predicted molar refractivity (Wildman–Crippen MR) is 75.3 cm³/mol. The van der Waals surface area contributed by atoms with Gasteiger partial charge in [0, 0.05) is 6.54 Å². The molecule has 0 heterocycles. The second-order valence-corrected chi connectivity index (χ2v) is 4.94. The zero-order valence-electron chi connectivity index (χ0n) is 11.6. The lowest BCUT2D eigenvalue weighted by molar-refractivity contribution is -0.125. The van der Waals surface area contributed by atoms with E-state index in [1.807, 2.05) is 13.8 Å². The van der Waals surface area contributed by atoms with Gasteiger partial charge in [0.1, 0.15) is 6.29 Å². The Hall–Kier alpha value is -1.63. The van der Waals surface area contributed by atoms with Crippen molar-refractivity contribution in [2.24, 2.45) is 28.1 Å². The summed E-state index contributed by atoms with van der Waals surface area (Å²) in [6, 6.07) is -1.12. The lowest BCUT2D eigenvalue weighted by Crippen LogP contribution is -2.46. The summed E-state index contributed by atoms with van der Waals surface area (Å²) in [5.41, 5.74) is 16.1. The topological polar surface area (TPSA) is 137 Å². The van der Waals surface area contributed by atoms with Gasteiger partial charge < -0.3 is 27.3 Å². The van der Waals surface area contributed by atoms with Gasteiger partial charge in [0.15, 0.2) is 5.96 Å². The normalized spacial score (nSPS) is 13.7. The van der Waals surface area contributed by atoms with Crippen LogP contribution in [0.25, 0.3) is 0 Å². The number of hydrogen-bond acceptors (Lipinski definition) is 4. The number of aldehydes is 1. The van der Waals surface area contributed by atoms with Gasteiger partial charge in [-0.3, -0.25) is 9.79 Å². The lowest BCUT2D eigenvalue weighted by Gasteiger charge is -2.17. The molecule has 0 aromatic rings. The molecular formula is C12H25N5O2. The Morgan fingerprint density at radius 1 is 1.37 bits per heavy atom. The highest BCUT2D eigenvalue weighted by Crippen LogP contribution is 2.03. The maximum atomic E-state index is 11.7. The Bertz CT molecular complexity index is 313. The minimum atomic E-state index is -0.583. The minimum Gasteiger partial charge on any atom is -0.370 e. The Labute approximate surface area is 114 Å². The van der Waals surface area contributed by atoms with E-state index < -0.39 is 12.1 Å². The maximum Gasteiger partial charge on any atom is 0.237 e. The number of carbonyl (C=O) groups is 2. The Morgan fingerprint density at radius 3 is 2.47 bits per heavy atom. The molecule has 1 amide bonds. The summed E-state index contributed by atoms with van der Waals surface area (Å²) in [6.45, 7) is 4.40. The molecular weight excluding hydrogens is 246 g/mol. The maximum absolute atomic E-state index is 11.7. The van der Waals surface area contributed by atoms with Gasteiger partial charge in [0.2, 0.25) is 5.91 Å². The van der Waals surface area contributed by atoms with Crippen molar-refractivity contribution in [3.05, 3.63) is 0 Å². The largest absolute Gasteiger partial charge is 0.370 e. The highest BCUT2D eigenvalue weighted by Gasteiger charge is 2.18. The zero-order valence-corrected chi connectivity index (χ0v) is 11.6. The molecule has 2 atom stereocenters. The van der Waals surface area contributed by atoms with Crippen LogP contribution in [-0.4, -0.2) is 36.8 Å². The van der Waals surface area contributed by atoms with Crippen molar-refractivity contribution in [1.82, 2.24) is 5.32 Å². The number of carbonyl (C=O) groups excluding carboxylic acids is 2. The SMILES string of the molecule is CC(C)C[C@H](N)C(=O)N[C@H](C=O)CCCN=C(N)N. The van der Waals surface area contributed by atoms with Crippen molar-refractivity contribution >= 4 is 18.2 Å². The summed E-state index contributed by atoms with van der Waals surface area (Å²) in [5, 5.41) is 2.62. The molecule has 0 saturated heterocycles. The van der Waals surface area contributed by atoms with Gasteiger partial charge in [-0.2, -0.15) is 0 Å². The van der Waals surface area contributed by atoms with Crippen LogP contribution >= 0.6 is 0 Å². The smallest absolute Gasteiger partial charge is 0.237 e. The van der Waals surface area contributed by atoms with E-state index in [1.165, 1.54) is 0 Å². The monoisotopic (exact) mass is 271 g/mol. The Kier molecular flexibility index (Phi) is 8.52. The third-order valence-corrected chi connectivity index (χ3v) is 2.52. The van der Waals surface area contributed by atoms with Gasteiger partial charge in [-0.1, -0.05) is 13.8 Å². The second-order valence-electron chi connectivity index (χ2n) is 4.94. The van der Waals surface area contributed by atoms with Crippen molar-refractivity contribution in [3.63, 3.8) is 0 Å². The first kappa shape index (κ1) is 17.4. The summed E-state index contributed by atoms with van der Waals surface area (Å²) >= 11 is 0. The van der Waals surface area contributed by atoms with Crippen molar-refractivity contribution in [3.8, 4) is 0 Å². The van der Waals surface area contributed by atoms with E-state index in [-0.39, 0.29) is 11.9 Å². The number of aliphatic imine (C=N–C) groups is 1. The molecule has 0 radical (unpaired) electrons. The summed E-state index contributed by atoms with van der Waals surface area (Å²) < 4.78 is 0. The molecule has 0 rings (SSSR count). The van der Waals surface area contributed by atoms with E-state index in [9.17, 15) is 9.59 Å². The third-order valence-electron chi connectivity index (χ3n) is 2.52. The highest BCUT2D eigenvalue weighted by molar-refractivity contribution is 5.84. The van der Waals surface area contributed by atoms with E-state index in [0.717, 1.165) is 0 Å². The first-order valence-corrected chi connectivity index (χ1v) is 6.43. The van der Waals surface area contributed by atoms with Crippen LogP contribution in [0.5, 0.6) is 0 Å². The molecule has 19 heavy (non-hydrogen) atoms. The summed E-state index contributed by atoms with van der Waals surface area (Å²) in [4.78, 5) is 26.4. The molecule has 0 unspecified atom stereocenters. The number of nitrogens with zero attached hydrogens (tertiary/aromatic N) is 1. The van der Waals surface area contributed by atoms with Crippen molar-refractivity contribution in [1.29, 1.82) is 0 Å². The molecule has 7 heteroatoms. The van der Waals surface area contributed by atoms with Gasteiger partial charge >= 0.3 is 0 Å². The summed E-state index contributed by atoms with van der Waals surface area (Å²) in [7, 11) is 0. The van der Waals surface area contributed by atoms with E-state index >= 15 is 0 Å². The highest BCUT2D eigenvalue weighted by atomic mass is 16.2. The third kappa shape index (κ3) is 9.01. The summed E-state index contributed by atoms with van der Waals surface area (Å²) in [5.74, 6) is 0.0515. The van der Waals surface area contributed by atoms with Crippen LogP contribution in [0.1, 0.15) is 33.1 Å². The van der Waals surface area contributed by atoms with Gasteiger partial charge in [-0.05, 0) is 25.2 Å². The van der Waals surface area contributed by atoms with Crippen LogP contribution in [0.3, 0.4) is 0 Å². The predicted octanol–water partition coefficient (Wildman–Crippen LogP) is -0.903. The quantitative estimate of drug-likeness (QED) is 0.186. The molecule has 0 aliphatic heterocycles. The zero-order chi connectivity index (χ0) is 14.8. The summed E-state index contributed by atoms with van der Waals surface area (Å²) in [6.07, 6.45) is 2.39. The number of hydrogen-bond donors (Lipinski definition) is 4. The fourth-order valence-corrected chi connectivity index (χ4v) is 1.60. The number of nitrogens with two attached hydrogens (primary N) is 3. The van der Waals surface area contributed by atoms with Gasteiger partial charge in [0.05, 0.1) is 12.1 Å². The van der Waals surface area contributed by atoms with E-state index in [4.69, 9.17) is 17.2 Å². The number of rotatable bonds is 9. The van der Waals surface area contributed by atoms with Crippen LogP contribution in [-0.2, 0) is 9.59 Å². The first-order valence-electron chi connectivity index (χ1n) is 6.43. The van der Waals surface area contributed by atoms with Crippen molar-refractivity contribution in [2.45, 2.75) is 45.2 Å². The van der Waals surface area contributed by atoms with Gasteiger partial charge in [0.25, 0.3) is 0 Å². The van der Waals surface area contributed by atoms with Crippen LogP contribution in [0, 0.1) is 5.92 Å². The molecule has 0 bridgehead atoms. The van der Waals surface area contributed by atoms with Crippen molar-refractivity contribution in [2.75, 3.05) is 6.54 Å². The Morgan fingerprint density at radius 2 is 2.00 bits per heavy atom.